The van der Waals surface area contributed by atoms with Crippen molar-refractivity contribution in [3.05, 3.63) is 0 Å². The van der Waals surface area contributed by atoms with Gasteiger partial charge in [0.05, 0.1) is 23.9 Å². The van der Waals surface area contributed by atoms with Gasteiger partial charge in [-0.3, -0.25) is 9.80 Å². The lowest BCUT2D eigenvalue weighted by Crippen LogP contribution is -2.60. The van der Waals surface area contributed by atoms with E-state index >= 15 is 0 Å². The number of fused-ring (bicyclic) bond motifs is 4. The van der Waals surface area contributed by atoms with Crippen LogP contribution < -0.4 is 5.32 Å². The summed E-state index contributed by atoms with van der Waals surface area (Å²) in [4.78, 5) is 18.4. The molecular formula is C43H73N3O6. The van der Waals surface area contributed by atoms with E-state index in [2.05, 4.69) is 49.7 Å². The molecule has 6 aliphatic carbocycles. The fraction of sp³-hybridized carbons (Fsp3) is 0.977. The molecule has 8 fully saturated rings. The van der Waals surface area contributed by atoms with Gasteiger partial charge in [-0.1, -0.05) is 41.0 Å². The molecule has 3 N–H and O–H groups in total. The van der Waals surface area contributed by atoms with Crippen molar-refractivity contribution >= 4 is 6.09 Å². The molecule has 52 heavy (non-hydrogen) atoms. The molecule has 8 aliphatic rings. The number of ether oxygens (including phenoxy) is 3. The lowest BCUT2D eigenvalue weighted by Gasteiger charge is -2.63. The third kappa shape index (κ3) is 5.45. The molecule has 2 heterocycles. The maximum Gasteiger partial charge on any atom is 0.407 e. The van der Waals surface area contributed by atoms with E-state index in [1.807, 2.05) is 20.8 Å². The smallest absolute Gasteiger partial charge is 0.407 e. The van der Waals surface area contributed by atoms with Gasteiger partial charge in [-0.15, -0.1) is 0 Å². The highest BCUT2D eigenvalue weighted by molar-refractivity contribution is 5.67. The van der Waals surface area contributed by atoms with Crippen molar-refractivity contribution in [2.75, 3.05) is 45.9 Å². The summed E-state index contributed by atoms with van der Waals surface area (Å²) >= 11 is 0. The van der Waals surface area contributed by atoms with E-state index in [1.165, 1.54) is 32.1 Å². The highest BCUT2D eigenvalue weighted by atomic mass is 16.6. The van der Waals surface area contributed by atoms with Gasteiger partial charge in [0.2, 0.25) is 0 Å². The van der Waals surface area contributed by atoms with E-state index in [0.717, 1.165) is 77.3 Å². The van der Waals surface area contributed by atoms with Crippen molar-refractivity contribution in [1.82, 2.24) is 15.1 Å². The maximum absolute atomic E-state index is 13.2. The lowest BCUT2D eigenvalue weighted by molar-refractivity contribution is -0.215. The number of alkyl carbamates (subject to hydrolysis) is 1. The van der Waals surface area contributed by atoms with E-state index < -0.39 is 17.8 Å². The standard InChI is InChI=1S/C43H73N3O6/c1-9-50-36(39(5,6)49)29-25-27(2)33-34(51-29)35(47)41(8)31-14-13-30-38(3,4)32(15-16-42(30)26-43(31,42)18-17-40(33,41)7)52-37(48)44-19-20-45-21-23-46(24-22-45)28-11-10-12-28/h27-36,47,49H,9-26H2,1-8H3,(H,44,48)/t27-,29?,30+,31?,32+,33+,34?,35+,36+,40-,41?,42-,43?/m1/s1. The second-order valence-corrected chi connectivity index (χ2v) is 20.9. The Kier molecular flexibility index (Phi) is 9.51. The number of nitrogens with one attached hydrogen (secondary N) is 1. The minimum Gasteiger partial charge on any atom is -0.446 e. The quantitative estimate of drug-likeness (QED) is 0.257. The van der Waals surface area contributed by atoms with Gasteiger partial charge >= 0.3 is 6.09 Å². The Bertz CT molecular complexity index is 1340. The number of hydrogen-bond acceptors (Lipinski definition) is 8. The molecule has 6 saturated carbocycles. The van der Waals surface area contributed by atoms with Crippen molar-refractivity contribution in [3.63, 3.8) is 0 Å². The Morgan fingerprint density at radius 2 is 1.67 bits per heavy atom. The van der Waals surface area contributed by atoms with Crippen molar-refractivity contribution in [1.29, 1.82) is 0 Å². The Labute approximate surface area is 314 Å². The number of hydrogen-bond donors (Lipinski definition) is 3. The summed E-state index contributed by atoms with van der Waals surface area (Å²) in [6.45, 7) is 24.2. The Morgan fingerprint density at radius 1 is 0.981 bits per heavy atom. The zero-order chi connectivity index (χ0) is 37.1. The van der Waals surface area contributed by atoms with Crippen LogP contribution in [0.1, 0.15) is 126 Å². The molecule has 0 aromatic rings. The zero-order valence-electron chi connectivity index (χ0n) is 33.9. The first kappa shape index (κ1) is 37.9. The first-order valence-corrected chi connectivity index (χ1v) is 21.6. The summed E-state index contributed by atoms with van der Waals surface area (Å²) in [6.07, 6.45) is 11.1. The van der Waals surface area contributed by atoms with Crippen molar-refractivity contribution in [3.8, 4) is 0 Å². The van der Waals surface area contributed by atoms with E-state index in [4.69, 9.17) is 14.2 Å². The molecule has 0 aromatic heterocycles. The minimum absolute atomic E-state index is 0.0120. The lowest BCUT2D eigenvalue weighted by atomic mass is 9.41. The van der Waals surface area contributed by atoms with Crippen LogP contribution in [0.3, 0.4) is 0 Å². The van der Waals surface area contributed by atoms with E-state index in [0.29, 0.717) is 30.9 Å². The van der Waals surface area contributed by atoms with Crippen molar-refractivity contribution < 1.29 is 29.2 Å². The van der Waals surface area contributed by atoms with Crippen LogP contribution in [0.4, 0.5) is 4.79 Å². The van der Waals surface area contributed by atoms with Gasteiger partial charge in [0, 0.05) is 62.7 Å². The summed E-state index contributed by atoms with van der Waals surface area (Å²) in [5.41, 5.74) is -0.860. The molecule has 13 atom stereocenters. The number of aliphatic hydroxyl groups excluding tert-OH is 1. The summed E-state index contributed by atoms with van der Waals surface area (Å²) in [5.74, 6) is 1.62. The Morgan fingerprint density at radius 3 is 2.33 bits per heavy atom. The number of rotatable bonds is 9. The average Bonchev–Trinajstić information content (AvgIpc) is 3.69. The minimum atomic E-state index is -1.03. The number of carbonyl (C=O) groups is 1. The fourth-order valence-corrected chi connectivity index (χ4v) is 15.3. The van der Waals surface area contributed by atoms with Gasteiger partial charge in [0.25, 0.3) is 0 Å². The molecule has 1 amide bonds. The molecule has 0 aromatic carbocycles. The van der Waals surface area contributed by atoms with Gasteiger partial charge in [-0.25, -0.2) is 4.79 Å². The van der Waals surface area contributed by atoms with Crippen LogP contribution in [0, 0.1) is 50.7 Å². The van der Waals surface area contributed by atoms with Gasteiger partial charge in [0.15, 0.2) is 0 Å². The fourth-order valence-electron chi connectivity index (χ4n) is 15.3. The summed E-state index contributed by atoms with van der Waals surface area (Å²) in [7, 11) is 0. The SMILES string of the molecule is CCO[C@@H](C1C[C@@H](C)[C@H]2C(O1)[C@H](O)C1(C)C3CC[C@H]4C(C)(C)[C@@H](OC(=O)NCCN5CCN(C6CCC6)CC5)CC[C@@]45CC35CC[C@]21C)C(C)(C)O. The highest BCUT2D eigenvalue weighted by Crippen LogP contribution is 2.89. The number of aliphatic hydroxyl groups is 2. The van der Waals surface area contributed by atoms with Crippen LogP contribution in [-0.2, 0) is 14.2 Å². The van der Waals surface area contributed by atoms with Crippen molar-refractivity contribution in [2.45, 2.75) is 168 Å². The number of piperazine rings is 1. The second kappa shape index (κ2) is 13.0. The normalized spacial score (nSPS) is 47.9. The summed E-state index contributed by atoms with van der Waals surface area (Å²) in [5, 5.41) is 26.8. The number of nitrogens with zero attached hydrogens (tertiary/aromatic N) is 2. The monoisotopic (exact) mass is 728 g/mol. The first-order chi connectivity index (χ1) is 24.5. The number of carbonyl (C=O) groups excluding carboxylic acids is 1. The molecule has 2 aliphatic heterocycles. The molecule has 9 heteroatoms. The van der Waals surface area contributed by atoms with Crippen LogP contribution in [0.2, 0.25) is 0 Å². The van der Waals surface area contributed by atoms with Crippen LogP contribution in [0.5, 0.6) is 0 Å². The molecule has 8 rings (SSSR count). The highest BCUT2D eigenvalue weighted by Gasteiger charge is 2.84. The largest absolute Gasteiger partial charge is 0.446 e. The van der Waals surface area contributed by atoms with E-state index in [-0.39, 0.29) is 57.4 Å². The molecule has 0 bridgehead atoms. The molecule has 296 valence electrons. The molecule has 9 nitrogen and oxygen atoms in total. The molecule has 5 unspecified atom stereocenters. The number of amides is 1. The molecule has 2 spiro atoms. The molecular weight excluding hydrogens is 654 g/mol. The topological polar surface area (TPSA) is 104 Å². The van der Waals surface area contributed by atoms with Crippen molar-refractivity contribution in [2.24, 2.45) is 50.7 Å². The predicted molar refractivity (Wildman–Crippen MR) is 202 cm³/mol. The van der Waals surface area contributed by atoms with Crippen LogP contribution in [-0.4, -0.2) is 114 Å². The zero-order valence-corrected chi connectivity index (χ0v) is 33.9. The predicted octanol–water partition coefficient (Wildman–Crippen LogP) is 6.24. The third-order valence-corrected chi connectivity index (χ3v) is 18.1. The second-order valence-electron chi connectivity index (χ2n) is 20.9. The molecule has 0 radical (unpaired) electrons. The molecule has 2 saturated heterocycles. The van der Waals surface area contributed by atoms with E-state index in [9.17, 15) is 15.0 Å². The average molecular weight is 728 g/mol. The summed E-state index contributed by atoms with van der Waals surface area (Å²) in [6, 6.07) is 0.820. The van der Waals surface area contributed by atoms with Crippen LogP contribution in [0.15, 0.2) is 0 Å². The van der Waals surface area contributed by atoms with Gasteiger partial charge in [-0.05, 0) is 125 Å². The van der Waals surface area contributed by atoms with Crippen LogP contribution >= 0.6 is 0 Å². The maximum atomic E-state index is 13.2. The Hall–Kier alpha value is -0.970. The van der Waals surface area contributed by atoms with Gasteiger partial charge in [0.1, 0.15) is 12.2 Å². The summed E-state index contributed by atoms with van der Waals surface area (Å²) < 4.78 is 19.4. The van der Waals surface area contributed by atoms with Gasteiger partial charge in [-0.2, -0.15) is 0 Å². The van der Waals surface area contributed by atoms with Crippen LogP contribution in [0.25, 0.3) is 0 Å². The van der Waals surface area contributed by atoms with Gasteiger partial charge < -0.3 is 29.7 Å². The Balaban J connectivity index is 0.922. The first-order valence-electron chi connectivity index (χ1n) is 21.6. The third-order valence-electron chi connectivity index (χ3n) is 18.1. The van der Waals surface area contributed by atoms with E-state index in [1.54, 1.807) is 0 Å².